The number of nitrogens with one attached hydrogen (secondary N) is 1. The van der Waals surface area contributed by atoms with Crippen LogP contribution in [0, 0.1) is 0 Å². The van der Waals surface area contributed by atoms with Gasteiger partial charge in [0.05, 0.1) is 22.7 Å². The van der Waals surface area contributed by atoms with Crippen LogP contribution in [-0.4, -0.2) is 32.7 Å². The molecule has 3 aromatic rings. The summed E-state index contributed by atoms with van der Waals surface area (Å²) in [4.78, 5) is 13.0. The van der Waals surface area contributed by atoms with Crippen LogP contribution in [0.3, 0.4) is 0 Å². The van der Waals surface area contributed by atoms with Gasteiger partial charge in [0.15, 0.2) is 0 Å². The lowest BCUT2D eigenvalue weighted by atomic mass is 10.0. The number of hydrogen-bond donors (Lipinski definition) is 1. The van der Waals surface area contributed by atoms with Gasteiger partial charge >= 0.3 is 0 Å². The molecule has 8 nitrogen and oxygen atoms in total. The van der Waals surface area contributed by atoms with Crippen LogP contribution in [0.5, 0.6) is 0 Å². The zero-order valence-corrected chi connectivity index (χ0v) is 17.8. The molecule has 2 aromatic heterocycles. The standard InChI is InChI=1S/C20H25N5O3S/c1-20(2,3)29(27,28)21-11-13-6-5-7-15-16(13)10-18(24(4)19(15)26)17-12-25(23-22-17)14-8-9-14/h5-7,10,12,14,21H,8-9,11H2,1-4H3. The molecule has 0 bridgehead atoms. The number of fused-ring (bicyclic) bond motifs is 1. The summed E-state index contributed by atoms with van der Waals surface area (Å²) in [7, 11) is -1.79. The second-order valence-electron chi connectivity index (χ2n) is 8.52. The molecule has 154 valence electrons. The first-order chi connectivity index (χ1) is 13.6. The minimum Gasteiger partial charge on any atom is -0.309 e. The lowest BCUT2D eigenvalue weighted by Crippen LogP contribution is -2.39. The van der Waals surface area contributed by atoms with Crippen molar-refractivity contribution in [2.45, 2.75) is 50.9 Å². The average Bonchev–Trinajstić information content (AvgIpc) is 3.39. The first kappa shape index (κ1) is 19.8. The van der Waals surface area contributed by atoms with Crippen LogP contribution >= 0.6 is 0 Å². The van der Waals surface area contributed by atoms with E-state index in [9.17, 15) is 13.2 Å². The van der Waals surface area contributed by atoms with E-state index in [2.05, 4.69) is 15.0 Å². The largest absolute Gasteiger partial charge is 0.309 e. The Morgan fingerprint density at radius 1 is 1.21 bits per heavy atom. The number of hydrogen-bond acceptors (Lipinski definition) is 5. The topological polar surface area (TPSA) is 98.9 Å². The Bertz CT molecular complexity index is 1250. The van der Waals surface area contributed by atoms with Gasteiger partial charge in [-0.25, -0.2) is 17.8 Å². The highest BCUT2D eigenvalue weighted by Crippen LogP contribution is 2.34. The minimum atomic E-state index is -3.50. The van der Waals surface area contributed by atoms with E-state index < -0.39 is 14.8 Å². The Balaban J connectivity index is 1.78. The van der Waals surface area contributed by atoms with E-state index in [0.29, 0.717) is 28.2 Å². The summed E-state index contributed by atoms with van der Waals surface area (Å²) < 4.78 is 30.0. The van der Waals surface area contributed by atoms with E-state index in [1.165, 1.54) is 0 Å². The molecule has 1 fully saturated rings. The number of pyridine rings is 1. The third-order valence-corrected chi connectivity index (χ3v) is 7.46. The maximum Gasteiger partial charge on any atom is 0.258 e. The fraction of sp³-hybridized carbons (Fsp3) is 0.450. The molecule has 0 saturated heterocycles. The third-order valence-electron chi connectivity index (χ3n) is 5.33. The Labute approximate surface area is 169 Å². The van der Waals surface area contributed by atoms with Crippen LogP contribution in [0.2, 0.25) is 0 Å². The van der Waals surface area contributed by atoms with Crippen molar-refractivity contribution in [2.24, 2.45) is 7.05 Å². The molecular formula is C20H25N5O3S. The zero-order chi connectivity index (χ0) is 21.0. The van der Waals surface area contributed by atoms with Gasteiger partial charge in [0, 0.05) is 19.0 Å². The van der Waals surface area contributed by atoms with E-state index in [1.54, 1.807) is 44.5 Å². The van der Waals surface area contributed by atoms with Gasteiger partial charge in [0.25, 0.3) is 5.56 Å². The van der Waals surface area contributed by atoms with Crippen LogP contribution < -0.4 is 10.3 Å². The van der Waals surface area contributed by atoms with E-state index in [-0.39, 0.29) is 12.1 Å². The van der Waals surface area contributed by atoms with Gasteiger partial charge in [-0.3, -0.25) is 4.79 Å². The summed E-state index contributed by atoms with van der Waals surface area (Å²) >= 11 is 0. The van der Waals surface area contributed by atoms with Crippen LogP contribution in [0.4, 0.5) is 0 Å². The summed E-state index contributed by atoms with van der Waals surface area (Å²) in [5.41, 5.74) is 1.87. The maximum absolute atomic E-state index is 13.0. The predicted molar refractivity (Wildman–Crippen MR) is 112 cm³/mol. The molecule has 9 heteroatoms. The zero-order valence-electron chi connectivity index (χ0n) is 17.0. The monoisotopic (exact) mass is 415 g/mol. The molecule has 0 spiro atoms. The fourth-order valence-corrected chi connectivity index (χ4v) is 3.97. The number of benzene rings is 1. The average molecular weight is 416 g/mol. The lowest BCUT2D eigenvalue weighted by molar-refractivity contribution is 0.545. The quantitative estimate of drug-likeness (QED) is 0.690. The molecule has 0 radical (unpaired) electrons. The first-order valence-electron chi connectivity index (χ1n) is 9.61. The number of sulfonamides is 1. The van der Waals surface area contributed by atoms with Crippen molar-refractivity contribution in [2.75, 3.05) is 0 Å². The highest BCUT2D eigenvalue weighted by molar-refractivity contribution is 7.90. The number of rotatable bonds is 5. The molecule has 0 amide bonds. The molecule has 1 aromatic carbocycles. The molecule has 2 heterocycles. The number of aromatic nitrogens is 4. The van der Waals surface area contributed by atoms with Crippen LogP contribution in [-0.2, 0) is 23.6 Å². The molecule has 1 aliphatic rings. The summed E-state index contributed by atoms with van der Waals surface area (Å²) in [6, 6.07) is 7.64. The van der Waals surface area contributed by atoms with Crippen molar-refractivity contribution < 1.29 is 8.42 Å². The van der Waals surface area contributed by atoms with E-state index in [1.807, 2.05) is 23.0 Å². The minimum absolute atomic E-state index is 0.109. The smallest absolute Gasteiger partial charge is 0.258 e. The molecule has 1 aliphatic carbocycles. The van der Waals surface area contributed by atoms with Crippen molar-refractivity contribution in [1.29, 1.82) is 0 Å². The van der Waals surface area contributed by atoms with E-state index >= 15 is 0 Å². The SMILES string of the molecule is Cn1c(-c2cn(C3CC3)nn2)cc2c(CNS(=O)(=O)C(C)(C)C)cccc2c1=O. The van der Waals surface area contributed by atoms with Crippen LogP contribution in [0.25, 0.3) is 22.2 Å². The molecule has 1 N–H and O–H groups in total. The molecule has 0 aliphatic heterocycles. The van der Waals surface area contributed by atoms with E-state index in [0.717, 1.165) is 18.4 Å². The normalized spacial score (nSPS) is 15.2. The first-order valence-corrected chi connectivity index (χ1v) is 11.1. The summed E-state index contributed by atoms with van der Waals surface area (Å²) in [6.45, 7) is 5.05. The van der Waals surface area contributed by atoms with Gasteiger partial charge in [-0.15, -0.1) is 5.10 Å². The third kappa shape index (κ3) is 3.60. The Hall–Kier alpha value is -2.52. The molecule has 0 unspecified atom stereocenters. The Morgan fingerprint density at radius 2 is 1.93 bits per heavy atom. The predicted octanol–water partition coefficient (Wildman–Crippen LogP) is 2.35. The van der Waals surface area contributed by atoms with Crippen molar-refractivity contribution >= 4 is 20.8 Å². The van der Waals surface area contributed by atoms with Gasteiger partial charge in [-0.2, -0.15) is 0 Å². The number of nitrogens with zero attached hydrogens (tertiary/aromatic N) is 4. The molecule has 4 rings (SSSR count). The van der Waals surface area contributed by atoms with Crippen LogP contribution in [0.15, 0.2) is 35.3 Å². The molecule has 1 saturated carbocycles. The lowest BCUT2D eigenvalue weighted by Gasteiger charge is -2.20. The second kappa shape index (κ2) is 6.77. The van der Waals surface area contributed by atoms with Crippen LogP contribution in [0.1, 0.15) is 45.2 Å². The summed E-state index contributed by atoms with van der Waals surface area (Å²) in [5.74, 6) is 0. The summed E-state index contributed by atoms with van der Waals surface area (Å²) in [5, 5.41) is 9.68. The van der Waals surface area contributed by atoms with Gasteiger partial charge in [0.2, 0.25) is 10.0 Å². The highest BCUT2D eigenvalue weighted by Gasteiger charge is 2.29. The van der Waals surface area contributed by atoms with Crippen molar-refractivity contribution in [3.63, 3.8) is 0 Å². The maximum atomic E-state index is 13.0. The van der Waals surface area contributed by atoms with Crippen molar-refractivity contribution in [3.8, 4) is 11.4 Å². The highest BCUT2D eigenvalue weighted by atomic mass is 32.2. The molecule has 0 atom stereocenters. The van der Waals surface area contributed by atoms with Gasteiger partial charge in [0.1, 0.15) is 5.69 Å². The van der Waals surface area contributed by atoms with E-state index in [4.69, 9.17) is 0 Å². The van der Waals surface area contributed by atoms with Gasteiger partial charge in [-0.1, -0.05) is 17.3 Å². The van der Waals surface area contributed by atoms with Gasteiger partial charge < -0.3 is 4.57 Å². The van der Waals surface area contributed by atoms with Crippen molar-refractivity contribution in [1.82, 2.24) is 24.3 Å². The fourth-order valence-electron chi connectivity index (χ4n) is 3.19. The van der Waals surface area contributed by atoms with Crippen molar-refractivity contribution in [3.05, 3.63) is 46.4 Å². The second-order valence-corrected chi connectivity index (χ2v) is 11.0. The molecule has 29 heavy (non-hydrogen) atoms. The Morgan fingerprint density at radius 3 is 2.59 bits per heavy atom. The molecular weight excluding hydrogens is 390 g/mol. The summed E-state index contributed by atoms with van der Waals surface area (Å²) in [6.07, 6.45) is 4.05. The Kier molecular flexibility index (Phi) is 4.62. The van der Waals surface area contributed by atoms with Gasteiger partial charge in [-0.05, 0) is 56.7 Å².